The lowest BCUT2D eigenvalue weighted by Gasteiger charge is -2.08. The summed E-state index contributed by atoms with van der Waals surface area (Å²) in [6.07, 6.45) is 3.83. The lowest BCUT2D eigenvalue weighted by atomic mass is 10.3. The number of hydrogen-bond donors (Lipinski definition) is 2. The van der Waals surface area contributed by atoms with Crippen LogP contribution in [0.2, 0.25) is 0 Å². The first-order valence-corrected chi connectivity index (χ1v) is 7.16. The first-order chi connectivity index (χ1) is 9.85. The van der Waals surface area contributed by atoms with Gasteiger partial charge >= 0.3 is 0 Å². The molecule has 0 aliphatic heterocycles. The van der Waals surface area contributed by atoms with Gasteiger partial charge in [0.2, 0.25) is 0 Å². The second-order valence-corrected chi connectivity index (χ2v) is 4.44. The third-order valence-electron chi connectivity index (χ3n) is 2.90. The summed E-state index contributed by atoms with van der Waals surface area (Å²) < 4.78 is 2.03. The monoisotopic (exact) mass is 274 g/mol. The Labute approximate surface area is 119 Å². The van der Waals surface area contributed by atoms with E-state index in [1.165, 1.54) is 0 Å². The minimum Gasteiger partial charge on any atom is -0.357 e. The Morgan fingerprint density at radius 1 is 1.20 bits per heavy atom. The van der Waals surface area contributed by atoms with Crippen molar-refractivity contribution in [2.45, 2.75) is 26.7 Å². The van der Waals surface area contributed by atoms with E-state index >= 15 is 0 Å². The van der Waals surface area contributed by atoms with E-state index in [1.54, 1.807) is 0 Å². The first-order valence-electron chi connectivity index (χ1n) is 7.16. The molecule has 0 aliphatic rings. The summed E-state index contributed by atoms with van der Waals surface area (Å²) in [5, 5.41) is 14.8. The summed E-state index contributed by atoms with van der Waals surface area (Å²) in [5.74, 6) is 1.87. The third-order valence-corrected chi connectivity index (χ3v) is 2.90. The summed E-state index contributed by atoms with van der Waals surface area (Å²) >= 11 is 0. The fourth-order valence-electron chi connectivity index (χ4n) is 2.00. The lowest BCUT2D eigenvalue weighted by molar-refractivity contribution is 0.756. The Morgan fingerprint density at radius 3 is 2.75 bits per heavy atom. The number of rotatable bonds is 6. The fourth-order valence-corrected chi connectivity index (χ4v) is 2.00. The molecular formula is C14H22N6. The molecule has 2 rings (SSSR count). The van der Waals surface area contributed by atoms with Gasteiger partial charge in [-0.1, -0.05) is 6.07 Å². The van der Waals surface area contributed by atoms with E-state index in [4.69, 9.17) is 0 Å². The maximum atomic E-state index is 4.52. The highest BCUT2D eigenvalue weighted by atomic mass is 15.2. The van der Waals surface area contributed by atoms with Gasteiger partial charge in [-0.25, -0.2) is 0 Å². The minimum absolute atomic E-state index is 0.775. The molecule has 2 heterocycles. The predicted molar refractivity (Wildman–Crippen MR) is 81.0 cm³/mol. The number of aliphatic imine (C=N–C) groups is 1. The molecule has 2 aromatic heterocycles. The Bertz CT molecular complexity index is 552. The maximum absolute atomic E-state index is 4.52. The standard InChI is InChI=1S/C14H22N6/c1-3-15-14(16-4-2)17-10-7-9-13-19-18-12-8-5-6-11-20(12)13/h5-6,8,11H,3-4,7,9-10H2,1-2H3,(H2,15,16,17). The van der Waals surface area contributed by atoms with Gasteiger partial charge in [-0.15, -0.1) is 10.2 Å². The zero-order valence-corrected chi connectivity index (χ0v) is 12.1. The van der Waals surface area contributed by atoms with Gasteiger partial charge in [-0.3, -0.25) is 9.39 Å². The van der Waals surface area contributed by atoms with Gasteiger partial charge in [0.25, 0.3) is 0 Å². The van der Waals surface area contributed by atoms with E-state index in [0.717, 1.165) is 49.9 Å². The molecule has 0 spiro atoms. The third kappa shape index (κ3) is 3.69. The molecule has 0 unspecified atom stereocenters. The van der Waals surface area contributed by atoms with Crippen LogP contribution in [0.25, 0.3) is 5.65 Å². The van der Waals surface area contributed by atoms with Crippen molar-refractivity contribution in [3.63, 3.8) is 0 Å². The van der Waals surface area contributed by atoms with Crippen LogP contribution in [-0.4, -0.2) is 40.2 Å². The predicted octanol–water partition coefficient (Wildman–Crippen LogP) is 1.24. The quantitative estimate of drug-likeness (QED) is 0.472. The van der Waals surface area contributed by atoms with Crippen molar-refractivity contribution in [2.75, 3.05) is 19.6 Å². The number of guanidine groups is 1. The molecule has 20 heavy (non-hydrogen) atoms. The Hall–Kier alpha value is -2.11. The first kappa shape index (κ1) is 14.3. The summed E-state index contributed by atoms with van der Waals surface area (Å²) in [7, 11) is 0. The van der Waals surface area contributed by atoms with E-state index in [0.29, 0.717) is 0 Å². The molecule has 0 fully saturated rings. The SMILES string of the molecule is CCNC(=NCCCc1nnc2ccccn12)NCC. The minimum atomic E-state index is 0.775. The molecule has 0 radical (unpaired) electrons. The van der Waals surface area contributed by atoms with Crippen LogP contribution in [0, 0.1) is 0 Å². The van der Waals surface area contributed by atoms with Gasteiger partial charge in [0.05, 0.1) is 0 Å². The van der Waals surface area contributed by atoms with E-state index in [-0.39, 0.29) is 0 Å². The van der Waals surface area contributed by atoms with Gasteiger partial charge < -0.3 is 10.6 Å². The Kier molecular flexibility index (Phi) is 5.34. The lowest BCUT2D eigenvalue weighted by Crippen LogP contribution is -2.37. The fraction of sp³-hybridized carbons (Fsp3) is 0.500. The van der Waals surface area contributed by atoms with Crippen LogP contribution in [0.15, 0.2) is 29.4 Å². The molecular weight excluding hydrogens is 252 g/mol. The molecule has 6 nitrogen and oxygen atoms in total. The molecule has 108 valence electrons. The van der Waals surface area contributed by atoms with Gasteiger partial charge in [-0.05, 0) is 32.4 Å². The summed E-state index contributed by atoms with van der Waals surface area (Å²) in [5.41, 5.74) is 0.895. The summed E-state index contributed by atoms with van der Waals surface area (Å²) in [4.78, 5) is 4.52. The number of nitrogens with one attached hydrogen (secondary N) is 2. The number of nitrogens with zero attached hydrogens (tertiary/aromatic N) is 4. The van der Waals surface area contributed by atoms with Crippen LogP contribution in [0.3, 0.4) is 0 Å². The average molecular weight is 274 g/mol. The van der Waals surface area contributed by atoms with Crippen LogP contribution in [0.5, 0.6) is 0 Å². The van der Waals surface area contributed by atoms with Gasteiger partial charge in [-0.2, -0.15) is 0 Å². The normalized spacial score (nSPS) is 10.5. The van der Waals surface area contributed by atoms with E-state index in [2.05, 4.69) is 39.7 Å². The zero-order valence-electron chi connectivity index (χ0n) is 12.1. The smallest absolute Gasteiger partial charge is 0.191 e. The molecule has 0 bridgehead atoms. The van der Waals surface area contributed by atoms with Crippen molar-refractivity contribution < 1.29 is 0 Å². The topological polar surface area (TPSA) is 66.6 Å². The molecule has 6 heteroatoms. The van der Waals surface area contributed by atoms with Gasteiger partial charge in [0.1, 0.15) is 5.82 Å². The Balaban J connectivity index is 1.87. The van der Waals surface area contributed by atoms with Crippen LogP contribution < -0.4 is 10.6 Å². The number of aryl methyl sites for hydroxylation is 1. The molecule has 2 N–H and O–H groups in total. The molecule has 0 aliphatic carbocycles. The number of aromatic nitrogens is 3. The molecule has 0 amide bonds. The second-order valence-electron chi connectivity index (χ2n) is 4.44. The molecule has 2 aromatic rings. The molecule has 0 atom stereocenters. The van der Waals surface area contributed by atoms with E-state index in [9.17, 15) is 0 Å². The van der Waals surface area contributed by atoms with Crippen molar-refractivity contribution >= 4 is 11.6 Å². The van der Waals surface area contributed by atoms with Crippen LogP contribution in [0.4, 0.5) is 0 Å². The largest absolute Gasteiger partial charge is 0.357 e. The maximum Gasteiger partial charge on any atom is 0.191 e. The highest BCUT2D eigenvalue weighted by Gasteiger charge is 2.03. The molecule has 0 saturated carbocycles. The molecule has 0 saturated heterocycles. The zero-order chi connectivity index (χ0) is 14.2. The van der Waals surface area contributed by atoms with Crippen molar-refractivity contribution in [3.8, 4) is 0 Å². The average Bonchev–Trinajstić information content (AvgIpc) is 2.87. The Morgan fingerprint density at radius 2 is 2.00 bits per heavy atom. The summed E-state index contributed by atoms with van der Waals surface area (Å²) in [6, 6.07) is 5.92. The van der Waals surface area contributed by atoms with E-state index in [1.807, 2.05) is 28.8 Å². The number of pyridine rings is 1. The van der Waals surface area contributed by atoms with Crippen molar-refractivity contribution in [1.29, 1.82) is 0 Å². The number of hydrogen-bond acceptors (Lipinski definition) is 3. The summed E-state index contributed by atoms with van der Waals surface area (Å²) in [6.45, 7) is 6.66. The van der Waals surface area contributed by atoms with Crippen LogP contribution in [-0.2, 0) is 6.42 Å². The van der Waals surface area contributed by atoms with Crippen molar-refractivity contribution in [2.24, 2.45) is 4.99 Å². The highest BCUT2D eigenvalue weighted by Crippen LogP contribution is 2.04. The van der Waals surface area contributed by atoms with Crippen molar-refractivity contribution in [3.05, 3.63) is 30.2 Å². The highest BCUT2D eigenvalue weighted by molar-refractivity contribution is 5.79. The van der Waals surface area contributed by atoms with Crippen LogP contribution >= 0.6 is 0 Å². The van der Waals surface area contributed by atoms with Crippen molar-refractivity contribution in [1.82, 2.24) is 25.2 Å². The number of fused-ring (bicyclic) bond motifs is 1. The molecule has 0 aromatic carbocycles. The van der Waals surface area contributed by atoms with Gasteiger partial charge in [0.15, 0.2) is 11.6 Å². The second kappa shape index (κ2) is 7.47. The van der Waals surface area contributed by atoms with E-state index < -0.39 is 0 Å². The van der Waals surface area contributed by atoms with Gasteiger partial charge in [0, 0.05) is 32.3 Å². The van der Waals surface area contributed by atoms with Crippen LogP contribution in [0.1, 0.15) is 26.1 Å².